The summed E-state index contributed by atoms with van der Waals surface area (Å²) >= 11 is 1.46. The van der Waals surface area contributed by atoms with Gasteiger partial charge in [-0.05, 0) is 53.2 Å². The van der Waals surface area contributed by atoms with Crippen molar-refractivity contribution >= 4 is 17.7 Å². The minimum absolute atomic E-state index is 0.397. The van der Waals surface area contributed by atoms with Crippen LogP contribution in [0.4, 0.5) is 0 Å². The smallest absolute Gasteiger partial charge is 0.337 e. The van der Waals surface area contributed by atoms with E-state index < -0.39 is 5.97 Å². The van der Waals surface area contributed by atoms with Crippen molar-refractivity contribution in [1.29, 1.82) is 0 Å². The Morgan fingerprint density at radius 1 is 1.18 bits per heavy atom. The highest BCUT2D eigenvalue weighted by molar-refractivity contribution is 7.99. The lowest BCUT2D eigenvalue weighted by Gasteiger charge is -2.10. The van der Waals surface area contributed by atoms with E-state index >= 15 is 0 Å². The van der Waals surface area contributed by atoms with E-state index in [1.54, 1.807) is 36.1 Å². The van der Waals surface area contributed by atoms with Crippen LogP contribution in [0.2, 0.25) is 0 Å². The molecule has 8 nitrogen and oxygen atoms in total. The molecule has 0 radical (unpaired) electrons. The molecule has 146 valence electrons. The van der Waals surface area contributed by atoms with Crippen LogP contribution in [0.15, 0.2) is 47.6 Å². The van der Waals surface area contributed by atoms with E-state index in [9.17, 15) is 4.79 Å². The van der Waals surface area contributed by atoms with E-state index in [-0.39, 0.29) is 0 Å². The van der Waals surface area contributed by atoms with Crippen LogP contribution in [0.3, 0.4) is 0 Å². The summed E-state index contributed by atoms with van der Waals surface area (Å²) < 4.78 is 17.5. The summed E-state index contributed by atoms with van der Waals surface area (Å²) in [7, 11) is 2.96. The molecule has 1 aromatic heterocycles. The molecule has 0 unspecified atom stereocenters. The zero-order valence-corrected chi connectivity index (χ0v) is 16.6. The lowest BCUT2D eigenvalue weighted by atomic mass is 10.2. The van der Waals surface area contributed by atoms with E-state index in [1.165, 1.54) is 18.9 Å². The summed E-state index contributed by atoms with van der Waals surface area (Å²) in [5, 5.41) is 12.6. The molecule has 0 atom stereocenters. The largest absolute Gasteiger partial charge is 0.494 e. The van der Waals surface area contributed by atoms with Gasteiger partial charge in [-0.2, -0.15) is 4.68 Å². The second-order valence-electron chi connectivity index (χ2n) is 5.76. The number of aryl methyl sites for hydroxylation is 1. The summed E-state index contributed by atoms with van der Waals surface area (Å²) in [5.41, 5.74) is 2.31. The highest BCUT2D eigenvalue weighted by Gasteiger charge is 2.14. The van der Waals surface area contributed by atoms with Crippen LogP contribution >= 0.6 is 11.8 Å². The zero-order chi connectivity index (χ0) is 19.9. The van der Waals surface area contributed by atoms with Crippen molar-refractivity contribution in [3.63, 3.8) is 0 Å². The number of carbonyl (C=O) groups is 1. The Labute approximate surface area is 166 Å². The Balaban J connectivity index is 1.62. The van der Waals surface area contributed by atoms with Gasteiger partial charge in [-0.15, -0.1) is 5.10 Å². The van der Waals surface area contributed by atoms with Gasteiger partial charge in [-0.3, -0.25) is 0 Å². The lowest BCUT2D eigenvalue weighted by Crippen LogP contribution is -2.06. The van der Waals surface area contributed by atoms with Crippen molar-refractivity contribution in [3.8, 4) is 17.2 Å². The van der Waals surface area contributed by atoms with E-state index in [4.69, 9.17) is 14.2 Å². The molecule has 0 N–H and O–H groups in total. The normalized spacial score (nSPS) is 10.5. The van der Waals surface area contributed by atoms with Crippen molar-refractivity contribution in [2.75, 3.05) is 26.6 Å². The number of aromatic nitrogens is 4. The topological polar surface area (TPSA) is 88.4 Å². The van der Waals surface area contributed by atoms with Gasteiger partial charge in [0, 0.05) is 5.75 Å². The molecule has 0 aliphatic heterocycles. The van der Waals surface area contributed by atoms with E-state index in [2.05, 4.69) is 15.5 Å². The first-order chi connectivity index (χ1) is 13.6. The van der Waals surface area contributed by atoms with Crippen LogP contribution < -0.4 is 9.47 Å². The number of rotatable bonds is 8. The second kappa shape index (κ2) is 9.23. The number of tetrazole rings is 1. The van der Waals surface area contributed by atoms with Crippen molar-refractivity contribution < 1.29 is 19.0 Å². The first-order valence-corrected chi connectivity index (χ1v) is 9.48. The third-order valence-electron chi connectivity index (χ3n) is 3.84. The third-order valence-corrected chi connectivity index (χ3v) is 4.73. The van der Waals surface area contributed by atoms with Gasteiger partial charge in [0.15, 0.2) is 0 Å². The number of carbonyl (C=O) groups excluding carboxylic acids is 1. The van der Waals surface area contributed by atoms with Crippen molar-refractivity contribution in [2.45, 2.75) is 12.1 Å². The number of hydrogen-bond donors (Lipinski definition) is 0. The van der Waals surface area contributed by atoms with Gasteiger partial charge in [0.2, 0.25) is 5.16 Å². The summed E-state index contributed by atoms with van der Waals surface area (Å²) in [5.74, 6) is 1.52. The van der Waals surface area contributed by atoms with Crippen LogP contribution in [-0.2, 0) is 4.74 Å². The predicted octanol–water partition coefficient (Wildman–Crippen LogP) is 2.94. The molecule has 0 aliphatic carbocycles. The SMILES string of the molecule is COC(=O)c1cccc(OCCSc2nnnn2-c2cc(C)ccc2OC)c1. The van der Waals surface area contributed by atoms with Gasteiger partial charge in [-0.25, -0.2) is 4.79 Å². The maximum Gasteiger partial charge on any atom is 0.337 e. The van der Waals surface area contributed by atoms with Crippen LogP contribution in [0, 0.1) is 6.92 Å². The average molecular weight is 400 g/mol. The number of ether oxygens (including phenoxy) is 3. The molecular formula is C19H20N4O4S. The molecule has 0 saturated carbocycles. The Morgan fingerprint density at radius 3 is 2.82 bits per heavy atom. The molecule has 3 rings (SSSR count). The molecule has 28 heavy (non-hydrogen) atoms. The number of esters is 1. The van der Waals surface area contributed by atoms with Crippen molar-refractivity contribution in [1.82, 2.24) is 20.2 Å². The standard InChI is InChI=1S/C19H20N4O4S/c1-13-7-8-17(25-2)16(11-13)23-19(20-21-22-23)28-10-9-27-15-6-4-5-14(12-15)18(24)26-3/h4-8,11-12H,9-10H2,1-3H3. The van der Waals surface area contributed by atoms with Crippen molar-refractivity contribution in [2.24, 2.45) is 0 Å². The monoisotopic (exact) mass is 400 g/mol. The molecular weight excluding hydrogens is 380 g/mol. The maximum absolute atomic E-state index is 11.6. The highest BCUT2D eigenvalue weighted by atomic mass is 32.2. The molecule has 3 aromatic rings. The van der Waals surface area contributed by atoms with E-state index in [0.717, 1.165) is 11.3 Å². The van der Waals surface area contributed by atoms with Gasteiger partial charge in [0.1, 0.15) is 17.2 Å². The van der Waals surface area contributed by atoms with Gasteiger partial charge in [0.25, 0.3) is 0 Å². The molecule has 0 aliphatic rings. The van der Waals surface area contributed by atoms with Gasteiger partial charge < -0.3 is 14.2 Å². The van der Waals surface area contributed by atoms with E-state index in [0.29, 0.717) is 34.6 Å². The van der Waals surface area contributed by atoms with Crippen LogP contribution in [0.5, 0.6) is 11.5 Å². The first kappa shape index (κ1) is 19.7. The van der Waals surface area contributed by atoms with Gasteiger partial charge in [0.05, 0.1) is 26.4 Å². The van der Waals surface area contributed by atoms with Crippen LogP contribution in [-0.4, -0.2) is 52.8 Å². The van der Waals surface area contributed by atoms with Gasteiger partial charge in [-0.1, -0.05) is 23.9 Å². The molecule has 0 saturated heterocycles. The minimum atomic E-state index is -0.397. The van der Waals surface area contributed by atoms with Crippen molar-refractivity contribution in [3.05, 3.63) is 53.6 Å². The fourth-order valence-electron chi connectivity index (χ4n) is 2.51. The van der Waals surface area contributed by atoms with Crippen LogP contribution in [0.1, 0.15) is 15.9 Å². The van der Waals surface area contributed by atoms with Gasteiger partial charge >= 0.3 is 5.97 Å². The quantitative estimate of drug-likeness (QED) is 0.324. The molecule has 0 bridgehead atoms. The Hall–Kier alpha value is -3.07. The van der Waals surface area contributed by atoms with Crippen LogP contribution in [0.25, 0.3) is 5.69 Å². The number of methoxy groups -OCH3 is 2. The Kier molecular flexibility index (Phi) is 6.49. The Morgan fingerprint density at radius 2 is 2.04 bits per heavy atom. The predicted molar refractivity (Wildman–Crippen MR) is 104 cm³/mol. The molecule has 0 spiro atoms. The average Bonchev–Trinajstić information content (AvgIpc) is 3.19. The zero-order valence-electron chi connectivity index (χ0n) is 15.8. The summed E-state index contributed by atoms with van der Waals surface area (Å²) in [4.78, 5) is 11.6. The summed E-state index contributed by atoms with van der Waals surface area (Å²) in [6.07, 6.45) is 0. The molecule has 2 aromatic carbocycles. The molecule has 0 amide bonds. The summed E-state index contributed by atoms with van der Waals surface area (Å²) in [6.45, 7) is 2.42. The first-order valence-electron chi connectivity index (χ1n) is 8.49. The lowest BCUT2D eigenvalue weighted by molar-refractivity contribution is 0.0600. The number of hydrogen-bond acceptors (Lipinski definition) is 8. The second-order valence-corrected chi connectivity index (χ2v) is 6.83. The fourth-order valence-corrected chi connectivity index (χ4v) is 3.21. The molecule has 0 fully saturated rings. The summed E-state index contributed by atoms with van der Waals surface area (Å²) in [6, 6.07) is 12.7. The minimum Gasteiger partial charge on any atom is -0.494 e. The molecule has 1 heterocycles. The van der Waals surface area contributed by atoms with E-state index in [1.807, 2.05) is 25.1 Å². The Bertz CT molecular complexity index is 961. The molecule has 9 heteroatoms. The third kappa shape index (κ3) is 4.61. The number of thioether (sulfide) groups is 1. The maximum atomic E-state index is 11.6. The highest BCUT2D eigenvalue weighted by Crippen LogP contribution is 2.27. The number of nitrogens with zero attached hydrogens (tertiary/aromatic N) is 4. The number of benzene rings is 2. The fraction of sp³-hybridized carbons (Fsp3) is 0.263.